The van der Waals surface area contributed by atoms with Gasteiger partial charge in [0.1, 0.15) is 0 Å². The molecule has 0 atom stereocenters. The second-order valence-corrected chi connectivity index (χ2v) is 3.76. The van der Waals surface area contributed by atoms with E-state index in [1.54, 1.807) is 5.57 Å². The molecule has 0 nitrogen and oxygen atoms in total. The maximum absolute atomic E-state index is 2.33. The Kier molecular flexibility index (Phi) is 2.91. The van der Waals surface area contributed by atoms with Gasteiger partial charge in [-0.1, -0.05) is 30.2 Å². The fraction of sp³-hybridized carbons (Fsp3) is 0.500. The van der Waals surface area contributed by atoms with E-state index < -0.39 is 0 Å². The van der Waals surface area contributed by atoms with Crippen molar-refractivity contribution < 1.29 is 0 Å². The molecule has 0 aromatic carbocycles. The molecular weight excluding hydrogens is 144 g/mol. The molecule has 0 bridgehead atoms. The molecule has 1 aliphatic rings. The number of allylic oxidation sites excluding steroid dienone is 6. The molecule has 1 aliphatic carbocycles. The van der Waals surface area contributed by atoms with Crippen LogP contribution in [0.25, 0.3) is 0 Å². The second kappa shape index (κ2) is 3.75. The third-order valence-electron chi connectivity index (χ3n) is 2.26. The Morgan fingerprint density at radius 2 is 2.17 bits per heavy atom. The first-order valence-corrected chi connectivity index (χ1v) is 4.67. The van der Waals surface area contributed by atoms with Crippen molar-refractivity contribution in [2.24, 2.45) is 0 Å². The maximum atomic E-state index is 2.33. The van der Waals surface area contributed by atoms with Crippen LogP contribution in [0.15, 0.2) is 34.4 Å². The van der Waals surface area contributed by atoms with Gasteiger partial charge in [-0.15, -0.1) is 0 Å². The average molecular weight is 162 g/mol. The van der Waals surface area contributed by atoms with Crippen LogP contribution in [-0.2, 0) is 0 Å². The minimum Gasteiger partial charge on any atom is -0.0761 e. The summed E-state index contributed by atoms with van der Waals surface area (Å²) in [5, 5.41) is 0. The molecule has 0 saturated heterocycles. The average Bonchev–Trinajstić information content (AvgIpc) is 2.31. The van der Waals surface area contributed by atoms with Crippen LogP contribution in [0.3, 0.4) is 0 Å². The van der Waals surface area contributed by atoms with Crippen LogP contribution >= 0.6 is 0 Å². The van der Waals surface area contributed by atoms with Gasteiger partial charge in [-0.3, -0.25) is 0 Å². The van der Waals surface area contributed by atoms with E-state index in [0.29, 0.717) is 0 Å². The van der Waals surface area contributed by atoms with Crippen molar-refractivity contribution in [3.8, 4) is 0 Å². The highest BCUT2D eigenvalue weighted by molar-refractivity contribution is 5.43. The number of rotatable bonds is 2. The van der Waals surface area contributed by atoms with Gasteiger partial charge in [0.2, 0.25) is 0 Å². The zero-order valence-electron chi connectivity index (χ0n) is 8.57. The molecule has 0 N–H and O–H groups in total. The van der Waals surface area contributed by atoms with Crippen LogP contribution in [0, 0.1) is 0 Å². The molecule has 0 unspecified atom stereocenters. The largest absolute Gasteiger partial charge is 0.0761 e. The summed E-state index contributed by atoms with van der Waals surface area (Å²) in [6.07, 6.45) is 6.99. The van der Waals surface area contributed by atoms with Crippen molar-refractivity contribution >= 4 is 0 Å². The summed E-state index contributed by atoms with van der Waals surface area (Å²) in [5.41, 5.74) is 5.93. The zero-order valence-corrected chi connectivity index (χ0v) is 8.57. The lowest BCUT2D eigenvalue weighted by Crippen LogP contribution is -1.79. The summed E-state index contributed by atoms with van der Waals surface area (Å²) in [7, 11) is 0. The monoisotopic (exact) mass is 162 g/mol. The fourth-order valence-corrected chi connectivity index (χ4v) is 1.57. The van der Waals surface area contributed by atoms with Gasteiger partial charge in [0, 0.05) is 0 Å². The van der Waals surface area contributed by atoms with Gasteiger partial charge in [0.15, 0.2) is 0 Å². The van der Waals surface area contributed by atoms with Crippen LogP contribution in [0.5, 0.6) is 0 Å². The molecular formula is C12H18. The summed E-state index contributed by atoms with van der Waals surface area (Å²) in [6, 6.07) is 0. The molecule has 0 aromatic rings. The van der Waals surface area contributed by atoms with Gasteiger partial charge < -0.3 is 0 Å². The third-order valence-corrected chi connectivity index (χ3v) is 2.26. The zero-order chi connectivity index (χ0) is 9.14. The Morgan fingerprint density at radius 1 is 1.50 bits per heavy atom. The molecule has 0 aliphatic heterocycles. The van der Waals surface area contributed by atoms with E-state index in [9.17, 15) is 0 Å². The van der Waals surface area contributed by atoms with E-state index in [1.807, 2.05) is 0 Å². The molecule has 0 aromatic heterocycles. The van der Waals surface area contributed by atoms with Crippen molar-refractivity contribution in [1.29, 1.82) is 0 Å². The van der Waals surface area contributed by atoms with Gasteiger partial charge in [-0.25, -0.2) is 0 Å². The Labute approximate surface area is 75.7 Å². The van der Waals surface area contributed by atoms with Crippen molar-refractivity contribution in [3.63, 3.8) is 0 Å². The van der Waals surface area contributed by atoms with Gasteiger partial charge in [0.25, 0.3) is 0 Å². The van der Waals surface area contributed by atoms with Crippen LogP contribution in [0.2, 0.25) is 0 Å². The molecule has 0 spiro atoms. The number of hydrogen-bond acceptors (Lipinski definition) is 0. The molecule has 0 heteroatoms. The third kappa shape index (κ3) is 2.10. The SMILES string of the molecule is CCC1=CC(C)=C(C=C(C)C)C1. The topological polar surface area (TPSA) is 0 Å². The van der Waals surface area contributed by atoms with E-state index in [2.05, 4.69) is 39.8 Å². The molecule has 0 saturated carbocycles. The summed E-state index contributed by atoms with van der Waals surface area (Å²) in [6.45, 7) is 8.75. The van der Waals surface area contributed by atoms with E-state index >= 15 is 0 Å². The highest BCUT2D eigenvalue weighted by Gasteiger charge is 2.08. The lowest BCUT2D eigenvalue weighted by molar-refractivity contribution is 1.03. The molecule has 12 heavy (non-hydrogen) atoms. The summed E-state index contributed by atoms with van der Waals surface area (Å²) in [5.74, 6) is 0. The second-order valence-electron chi connectivity index (χ2n) is 3.76. The Morgan fingerprint density at radius 3 is 2.58 bits per heavy atom. The smallest absolute Gasteiger partial charge is 0.00614 e. The van der Waals surface area contributed by atoms with Gasteiger partial charge >= 0.3 is 0 Å². The minimum absolute atomic E-state index is 1.17. The first-order valence-electron chi connectivity index (χ1n) is 4.67. The minimum atomic E-state index is 1.17. The van der Waals surface area contributed by atoms with Crippen LogP contribution < -0.4 is 0 Å². The lowest BCUT2D eigenvalue weighted by Gasteiger charge is -1.99. The Bertz CT molecular complexity index is 258. The van der Waals surface area contributed by atoms with Gasteiger partial charge in [0.05, 0.1) is 0 Å². The molecule has 0 amide bonds. The quantitative estimate of drug-likeness (QED) is 0.575. The van der Waals surface area contributed by atoms with Gasteiger partial charge in [-0.05, 0) is 44.8 Å². The van der Waals surface area contributed by atoms with E-state index in [1.165, 1.54) is 29.6 Å². The van der Waals surface area contributed by atoms with Crippen molar-refractivity contribution in [2.45, 2.75) is 40.5 Å². The predicted octanol–water partition coefficient (Wildman–Crippen LogP) is 4.01. The van der Waals surface area contributed by atoms with Crippen LogP contribution in [0.4, 0.5) is 0 Å². The van der Waals surface area contributed by atoms with Crippen molar-refractivity contribution in [3.05, 3.63) is 34.4 Å². The molecule has 0 radical (unpaired) electrons. The highest BCUT2D eigenvalue weighted by Crippen LogP contribution is 2.28. The van der Waals surface area contributed by atoms with E-state index in [4.69, 9.17) is 0 Å². The number of hydrogen-bond donors (Lipinski definition) is 0. The molecule has 1 rings (SSSR count). The fourth-order valence-electron chi connectivity index (χ4n) is 1.57. The van der Waals surface area contributed by atoms with Crippen LogP contribution in [-0.4, -0.2) is 0 Å². The Hall–Kier alpha value is -0.780. The van der Waals surface area contributed by atoms with Crippen LogP contribution in [0.1, 0.15) is 40.5 Å². The highest BCUT2D eigenvalue weighted by atomic mass is 14.1. The molecule has 0 fully saturated rings. The Balaban J connectivity index is 2.75. The summed E-state index contributed by atoms with van der Waals surface area (Å²) < 4.78 is 0. The predicted molar refractivity (Wildman–Crippen MR) is 55.1 cm³/mol. The van der Waals surface area contributed by atoms with E-state index in [-0.39, 0.29) is 0 Å². The molecule has 66 valence electrons. The van der Waals surface area contributed by atoms with Crippen molar-refractivity contribution in [2.75, 3.05) is 0 Å². The van der Waals surface area contributed by atoms with E-state index in [0.717, 1.165) is 0 Å². The molecule has 0 heterocycles. The lowest BCUT2D eigenvalue weighted by atomic mass is 10.1. The standard InChI is InChI=1S/C12H18/c1-5-11-7-10(4)12(8-11)6-9(2)3/h6-7H,5,8H2,1-4H3. The summed E-state index contributed by atoms with van der Waals surface area (Å²) >= 11 is 0. The summed E-state index contributed by atoms with van der Waals surface area (Å²) in [4.78, 5) is 0. The van der Waals surface area contributed by atoms with Gasteiger partial charge in [-0.2, -0.15) is 0 Å². The maximum Gasteiger partial charge on any atom is -0.00614 e. The van der Waals surface area contributed by atoms with Crippen molar-refractivity contribution in [1.82, 2.24) is 0 Å². The normalized spacial score (nSPS) is 16.5. The first-order chi connectivity index (χ1) is 5.63. The first kappa shape index (κ1) is 9.31.